The molecule has 1 saturated heterocycles. The highest BCUT2D eigenvalue weighted by Crippen LogP contribution is 2.33. The van der Waals surface area contributed by atoms with Crippen LogP contribution in [0.4, 0.5) is 9.18 Å². The van der Waals surface area contributed by atoms with Crippen LogP contribution in [0.3, 0.4) is 0 Å². The minimum atomic E-state index is -1.08. The van der Waals surface area contributed by atoms with Crippen molar-refractivity contribution < 1.29 is 23.5 Å². The number of ether oxygens (including phenoxy) is 1. The van der Waals surface area contributed by atoms with Gasteiger partial charge in [0.15, 0.2) is 17.7 Å². The Balaban J connectivity index is 1.65. The number of hydrogen-bond donors (Lipinski definition) is 2. The van der Waals surface area contributed by atoms with Crippen LogP contribution in [0, 0.1) is 5.82 Å². The lowest BCUT2D eigenvalue weighted by molar-refractivity contribution is -0.142. The number of urea groups is 1. The Morgan fingerprint density at radius 1 is 1.28 bits per heavy atom. The van der Waals surface area contributed by atoms with E-state index in [-0.39, 0.29) is 5.75 Å². The fourth-order valence-electron chi connectivity index (χ4n) is 3.20. The molecule has 0 radical (unpaired) electrons. The second kappa shape index (κ2) is 6.70. The first kappa shape index (κ1) is 17.2. The molecule has 0 bridgehead atoms. The molecule has 3 rings (SSSR count). The first-order valence-corrected chi connectivity index (χ1v) is 8.31. The summed E-state index contributed by atoms with van der Waals surface area (Å²) < 4.78 is 18.9. The number of hydrogen-bond acceptors (Lipinski definition) is 4. The van der Waals surface area contributed by atoms with Crippen molar-refractivity contribution >= 4 is 17.8 Å². The van der Waals surface area contributed by atoms with E-state index in [0.717, 1.165) is 19.3 Å². The molecule has 1 atom stereocenters. The van der Waals surface area contributed by atoms with E-state index in [1.807, 2.05) is 0 Å². The average Bonchev–Trinajstić information content (AvgIpc) is 2.81. The van der Waals surface area contributed by atoms with Gasteiger partial charge in [0.25, 0.3) is 11.8 Å². The second-order valence-electron chi connectivity index (χ2n) is 6.38. The zero-order valence-electron chi connectivity index (χ0n) is 13.9. The summed E-state index contributed by atoms with van der Waals surface area (Å²) in [6.07, 6.45) is 2.75. The number of amides is 4. The molecule has 2 aliphatic rings. The molecule has 25 heavy (non-hydrogen) atoms. The smallest absolute Gasteiger partial charge is 0.344 e. The van der Waals surface area contributed by atoms with E-state index < -0.39 is 35.3 Å². The van der Waals surface area contributed by atoms with Gasteiger partial charge in [0.1, 0.15) is 5.54 Å². The van der Waals surface area contributed by atoms with Crippen molar-refractivity contribution in [1.29, 1.82) is 0 Å². The van der Waals surface area contributed by atoms with E-state index in [0.29, 0.717) is 17.9 Å². The number of imide groups is 1. The maximum Gasteiger partial charge on any atom is 0.344 e. The van der Waals surface area contributed by atoms with Crippen molar-refractivity contribution in [2.24, 2.45) is 0 Å². The van der Waals surface area contributed by atoms with Gasteiger partial charge in [0, 0.05) is 0 Å². The van der Waals surface area contributed by atoms with Crippen LogP contribution >= 0.6 is 0 Å². The molecule has 1 aromatic rings. The number of para-hydroxylation sites is 1. The van der Waals surface area contributed by atoms with Gasteiger partial charge in [-0.2, -0.15) is 5.01 Å². The minimum absolute atomic E-state index is 0.0777. The Bertz CT molecular complexity index is 703. The largest absolute Gasteiger partial charge is 0.478 e. The SMILES string of the molecule is C[C@H](Oc1ccccc1F)C(=O)NN1C(=O)NC2(CCCCC2)C1=O. The monoisotopic (exact) mass is 349 g/mol. The van der Waals surface area contributed by atoms with E-state index in [2.05, 4.69) is 10.7 Å². The van der Waals surface area contributed by atoms with Gasteiger partial charge in [0.05, 0.1) is 0 Å². The lowest BCUT2D eigenvalue weighted by Gasteiger charge is -2.30. The summed E-state index contributed by atoms with van der Waals surface area (Å²) in [5.41, 5.74) is 1.36. The molecule has 1 saturated carbocycles. The number of nitrogens with zero attached hydrogens (tertiary/aromatic N) is 1. The van der Waals surface area contributed by atoms with Crippen LogP contribution in [0.1, 0.15) is 39.0 Å². The lowest BCUT2D eigenvalue weighted by Crippen LogP contribution is -2.53. The van der Waals surface area contributed by atoms with Crippen LogP contribution in [0.25, 0.3) is 0 Å². The summed E-state index contributed by atoms with van der Waals surface area (Å²) in [6, 6.07) is 5.03. The average molecular weight is 349 g/mol. The number of hydrazine groups is 1. The van der Waals surface area contributed by atoms with Crippen LogP contribution in [-0.2, 0) is 9.59 Å². The zero-order chi connectivity index (χ0) is 18.0. The van der Waals surface area contributed by atoms with Gasteiger partial charge in [-0.15, -0.1) is 0 Å². The zero-order valence-corrected chi connectivity index (χ0v) is 13.9. The van der Waals surface area contributed by atoms with Gasteiger partial charge >= 0.3 is 6.03 Å². The molecule has 4 amide bonds. The second-order valence-corrected chi connectivity index (χ2v) is 6.38. The van der Waals surface area contributed by atoms with E-state index in [4.69, 9.17) is 4.74 Å². The minimum Gasteiger partial charge on any atom is -0.478 e. The topological polar surface area (TPSA) is 87.7 Å². The fraction of sp³-hybridized carbons (Fsp3) is 0.471. The maximum absolute atomic E-state index is 13.6. The van der Waals surface area contributed by atoms with Gasteiger partial charge in [-0.3, -0.25) is 15.0 Å². The van der Waals surface area contributed by atoms with Crippen LogP contribution < -0.4 is 15.5 Å². The molecule has 1 heterocycles. The van der Waals surface area contributed by atoms with E-state index in [1.165, 1.54) is 25.1 Å². The molecule has 7 nitrogen and oxygen atoms in total. The Labute approximate surface area is 144 Å². The number of carbonyl (C=O) groups is 3. The van der Waals surface area contributed by atoms with Gasteiger partial charge in [0.2, 0.25) is 0 Å². The Kier molecular flexibility index (Phi) is 4.61. The van der Waals surface area contributed by atoms with Gasteiger partial charge in [-0.05, 0) is 31.9 Å². The molecule has 1 aromatic carbocycles. The number of halogens is 1. The van der Waals surface area contributed by atoms with E-state index in [9.17, 15) is 18.8 Å². The third-order valence-electron chi connectivity index (χ3n) is 4.60. The normalized spacial score (nSPS) is 20.3. The molecular weight excluding hydrogens is 329 g/mol. The molecular formula is C17H20FN3O4. The standard InChI is InChI=1S/C17H20FN3O4/c1-11(25-13-8-4-3-7-12(13)18)14(22)20-21-15(23)17(19-16(21)24)9-5-2-6-10-17/h3-4,7-8,11H,2,5-6,9-10H2,1H3,(H,19,24)(H,20,22)/t11-/m0/s1. The van der Waals surface area contributed by atoms with Crippen molar-refractivity contribution in [2.45, 2.75) is 50.7 Å². The summed E-state index contributed by atoms with van der Waals surface area (Å²) >= 11 is 0. The van der Waals surface area contributed by atoms with Crippen molar-refractivity contribution in [3.05, 3.63) is 30.1 Å². The Morgan fingerprint density at radius 3 is 2.64 bits per heavy atom. The summed E-state index contributed by atoms with van der Waals surface area (Å²) in [5.74, 6) is -1.84. The van der Waals surface area contributed by atoms with Crippen molar-refractivity contribution in [3.8, 4) is 5.75 Å². The molecule has 0 unspecified atom stereocenters. The van der Waals surface area contributed by atoms with Crippen molar-refractivity contribution in [1.82, 2.24) is 15.8 Å². The van der Waals surface area contributed by atoms with E-state index >= 15 is 0 Å². The van der Waals surface area contributed by atoms with Crippen molar-refractivity contribution in [3.63, 3.8) is 0 Å². The molecule has 8 heteroatoms. The Hall–Kier alpha value is -2.64. The molecule has 1 spiro atoms. The molecule has 1 aliphatic carbocycles. The highest BCUT2D eigenvalue weighted by molar-refractivity contribution is 6.08. The highest BCUT2D eigenvalue weighted by Gasteiger charge is 2.52. The number of carbonyl (C=O) groups excluding carboxylic acids is 3. The highest BCUT2D eigenvalue weighted by atomic mass is 19.1. The van der Waals surface area contributed by atoms with Gasteiger partial charge in [-0.1, -0.05) is 31.4 Å². The predicted octanol–water partition coefficient (Wildman–Crippen LogP) is 1.88. The summed E-state index contributed by atoms with van der Waals surface area (Å²) in [5, 5.41) is 3.40. The van der Waals surface area contributed by atoms with E-state index in [1.54, 1.807) is 6.07 Å². The third-order valence-corrected chi connectivity index (χ3v) is 4.60. The number of nitrogens with one attached hydrogen (secondary N) is 2. The molecule has 134 valence electrons. The summed E-state index contributed by atoms with van der Waals surface area (Å²) in [4.78, 5) is 36.9. The van der Waals surface area contributed by atoms with Gasteiger partial charge < -0.3 is 10.1 Å². The lowest BCUT2D eigenvalue weighted by atomic mass is 9.82. The Morgan fingerprint density at radius 2 is 1.96 bits per heavy atom. The fourth-order valence-corrected chi connectivity index (χ4v) is 3.20. The van der Waals surface area contributed by atoms with Crippen molar-refractivity contribution in [2.75, 3.05) is 0 Å². The van der Waals surface area contributed by atoms with Crippen LogP contribution in [-0.4, -0.2) is 34.5 Å². The molecule has 2 fully saturated rings. The number of rotatable bonds is 4. The van der Waals surface area contributed by atoms with Crippen LogP contribution in [0.2, 0.25) is 0 Å². The first-order valence-electron chi connectivity index (χ1n) is 8.31. The van der Waals surface area contributed by atoms with Crippen LogP contribution in [0.15, 0.2) is 24.3 Å². The summed E-state index contributed by atoms with van der Waals surface area (Å²) in [6.45, 7) is 1.41. The number of benzene rings is 1. The molecule has 1 aliphatic heterocycles. The first-order chi connectivity index (χ1) is 11.9. The quantitative estimate of drug-likeness (QED) is 0.813. The third kappa shape index (κ3) is 3.29. The molecule has 0 aromatic heterocycles. The summed E-state index contributed by atoms with van der Waals surface area (Å²) in [7, 11) is 0. The van der Waals surface area contributed by atoms with Crippen LogP contribution in [0.5, 0.6) is 5.75 Å². The maximum atomic E-state index is 13.6. The van der Waals surface area contributed by atoms with Gasteiger partial charge in [-0.25, -0.2) is 9.18 Å². The molecule has 2 N–H and O–H groups in total. The predicted molar refractivity (Wildman–Crippen MR) is 85.8 cm³/mol.